The van der Waals surface area contributed by atoms with Gasteiger partial charge in [0.05, 0.1) is 5.92 Å². The van der Waals surface area contributed by atoms with Crippen LogP contribution in [0.25, 0.3) is 0 Å². The number of carboxylic acid groups (broad SMARTS) is 1. The van der Waals surface area contributed by atoms with Crippen LogP contribution in [0.15, 0.2) is 0 Å². The molecule has 0 aliphatic heterocycles. The molecule has 0 aromatic heterocycles. The van der Waals surface area contributed by atoms with E-state index in [1.54, 1.807) is 0 Å². The fourth-order valence-corrected chi connectivity index (χ4v) is 0.658. The summed E-state index contributed by atoms with van der Waals surface area (Å²) in [6.07, 6.45) is 0. The summed E-state index contributed by atoms with van der Waals surface area (Å²) in [5.41, 5.74) is 5.19. The normalized spacial score (nSPS) is 13.8. The summed E-state index contributed by atoms with van der Waals surface area (Å²) in [5.74, 6) is -1.05. The Balaban J connectivity index is 3.83. The molecule has 3 N–H and O–H groups in total. The number of hydrogen-bond acceptors (Lipinski definition) is 2. The maximum atomic E-state index is 10.3. The molecule has 0 rings (SSSR count). The first kappa shape index (κ1) is 8.43. The van der Waals surface area contributed by atoms with Gasteiger partial charge in [-0.05, 0) is 5.92 Å². The summed E-state index contributed by atoms with van der Waals surface area (Å²) in [7, 11) is 0. The molecule has 0 amide bonds. The van der Waals surface area contributed by atoms with Gasteiger partial charge in [-0.3, -0.25) is 4.79 Å². The Hall–Kier alpha value is -0.570. The molecule has 0 aromatic rings. The van der Waals surface area contributed by atoms with E-state index >= 15 is 0 Å². The van der Waals surface area contributed by atoms with Crippen molar-refractivity contribution in [3.05, 3.63) is 0 Å². The minimum Gasteiger partial charge on any atom is -0.481 e. The van der Waals surface area contributed by atoms with Crippen LogP contribution in [-0.4, -0.2) is 17.6 Å². The smallest absolute Gasteiger partial charge is 0.308 e. The van der Waals surface area contributed by atoms with Gasteiger partial charge in [0, 0.05) is 6.54 Å². The van der Waals surface area contributed by atoms with Crippen LogP contribution in [0.1, 0.15) is 13.8 Å². The van der Waals surface area contributed by atoms with Gasteiger partial charge in [-0.25, -0.2) is 0 Å². The van der Waals surface area contributed by atoms with Crippen LogP contribution >= 0.6 is 0 Å². The fraction of sp³-hybridized carbons (Fsp3) is 0.833. The largest absolute Gasteiger partial charge is 0.481 e. The Morgan fingerprint density at radius 3 is 2.11 bits per heavy atom. The number of aliphatic carboxylic acids is 1. The zero-order valence-electron chi connectivity index (χ0n) is 5.79. The highest BCUT2D eigenvalue weighted by Gasteiger charge is 2.18. The second-order valence-corrected chi connectivity index (χ2v) is 2.42. The van der Waals surface area contributed by atoms with Crippen molar-refractivity contribution in [1.82, 2.24) is 0 Å². The van der Waals surface area contributed by atoms with Crippen molar-refractivity contribution in [3.63, 3.8) is 0 Å². The topological polar surface area (TPSA) is 63.3 Å². The van der Waals surface area contributed by atoms with Gasteiger partial charge < -0.3 is 10.8 Å². The molecule has 0 saturated heterocycles. The number of carboxylic acids is 1. The summed E-state index contributed by atoms with van der Waals surface area (Å²) in [4.78, 5) is 10.3. The van der Waals surface area contributed by atoms with Crippen molar-refractivity contribution in [2.24, 2.45) is 17.6 Å². The van der Waals surface area contributed by atoms with Crippen molar-refractivity contribution in [2.45, 2.75) is 13.8 Å². The first-order valence-electron chi connectivity index (χ1n) is 3.02. The highest BCUT2D eigenvalue weighted by atomic mass is 16.4. The Morgan fingerprint density at radius 2 is 2.11 bits per heavy atom. The zero-order valence-corrected chi connectivity index (χ0v) is 5.79. The van der Waals surface area contributed by atoms with E-state index in [0.29, 0.717) is 0 Å². The molecule has 0 fully saturated rings. The molecule has 0 heterocycles. The Morgan fingerprint density at radius 1 is 1.67 bits per heavy atom. The first-order chi connectivity index (χ1) is 4.09. The van der Waals surface area contributed by atoms with Crippen molar-refractivity contribution in [2.75, 3.05) is 6.54 Å². The van der Waals surface area contributed by atoms with Crippen molar-refractivity contribution in [3.8, 4) is 0 Å². The molecule has 1 atom stereocenters. The van der Waals surface area contributed by atoms with Gasteiger partial charge in [0.2, 0.25) is 0 Å². The maximum absolute atomic E-state index is 10.3. The van der Waals surface area contributed by atoms with E-state index in [0.717, 1.165) is 0 Å². The second-order valence-electron chi connectivity index (χ2n) is 2.42. The minimum absolute atomic E-state index is 0.132. The lowest BCUT2D eigenvalue weighted by atomic mass is 9.97. The number of rotatable bonds is 3. The highest BCUT2D eigenvalue weighted by molar-refractivity contribution is 5.70. The van der Waals surface area contributed by atoms with Gasteiger partial charge in [0.25, 0.3) is 0 Å². The SMILES string of the molecule is CC(C)[C@H](CN)C(=O)O. The molecule has 3 nitrogen and oxygen atoms in total. The van der Waals surface area contributed by atoms with E-state index in [4.69, 9.17) is 10.8 Å². The average Bonchev–Trinajstić information content (AvgIpc) is 1.64. The molecule has 0 radical (unpaired) electrons. The molecule has 0 aliphatic carbocycles. The van der Waals surface area contributed by atoms with Crippen LogP contribution in [0.3, 0.4) is 0 Å². The minimum atomic E-state index is -0.799. The molecule has 9 heavy (non-hydrogen) atoms. The molecular weight excluding hydrogens is 118 g/mol. The van der Waals surface area contributed by atoms with Crippen molar-refractivity contribution < 1.29 is 9.90 Å². The van der Waals surface area contributed by atoms with Crippen LogP contribution in [0.5, 0.6) is 0 Å². The van der Waals surface area contributed by atoms with E-state index in [2.05, 4.69) is 0 Å². The second kappa shape index (κ2) is 3.45. The van der Waals surface area contributed by atoms with Gasteiger partial charge in [-0.15, -0.1) is 0 Å². The molecule has 0 aromatic carbocycles. The van der Waals surface area contributed by atoms with Crippen molar-refractivity contribution in [1.29, 1.82) is 0 Å². The first-order valence-corrected chi connectivity index (χ1v) is 3.02. The monoisotopic (exact) mass is 131 g/mol. The molecule has 0 aliphatic rings. The number of carbonyl (C=O) groups is 1. The van der Waals surface area contributed by atoms with Gasteiger partial charge >= 0.3 is 5.97 Å². The van der Waals surface area contributed by atoms with Crippen LogP contribution in [0.2, 0.25) is 0 Å². The van der Waals surface area contributed by atoms with Gasteiger partial charge in [-0.1, -0.05) is 13.8 Å². The third kappa shape index (κ3) is 2.46. The molecule has 0 unspecified atom stereocenters. The molecule has 0 spiro atoms. The maximum Gasteiger partial charge on any atom is 0.308 e. The Labute approximate surface area is 54.9 Å². The number of hydrogen-bond donors (Lipinski definition) is 2. The highest BCUT2D eigenvalue weighted by Crippen LogP contribution is 2.07. The quantitative estimate of drug-likeness (QED) is 0.579. The molecule has 0 bridgehead atoms. The van der Waals surface area contributed by atoms with Crippen LogP contribution in [0.4, 0.5) is 0 Å². The van der Waals surface area contributed by atoms with Gasteiger partial charge in [0.15, 0.2) is 0 Å². The molecular formula is C6H13NO2. The van der Waals surface area contributed by atoms with E-state index in [1.165, 1.54) is 0 Å². The summed E-state index contributed by atoms with van der Waals surface area (Å²) < 4.78 is 0. The summed E-state index contributed by atoms with van der Waals surface area (Å²) >= 11 is 0. The standard InChI is InChI=1S/C6H13NO2/c1-4(2)5(3-7)6(8)9/h4-5H,3,7H2,1-2H3,(H,8,9)/t5-/m0/s1. The molecule has 0 saturated carbocycles. The fourth-order valence-electron chi connectivity index (χ4n) is 0.658. The van der Waals surface area contributed by atoms with Crippen LogP contribution < -0.4 is 5.73 Å². The van der Waals surface area contributed by atoms with Gasteiger partial charge in [0.1, 0.15) is 0 Å². The summed E-state index contributed by atoms with van der Waals surface area (Å²) in [6.45, 7) is 3.93. The van der Waals surface area contributed by atoms with Crippen LogP contribution in [-0.2, 0) is 4.79 Å². The molecule has 54 valence electrons. The van der Waals surface area contributed by atoms with E-state index in [-0.39, 0.29) is 18.4 Å². The summed E-state index contributed by atoms with van der Waals surface area (Å²) in [5, 5.41) is 8.46. The third-order valence-electron chi connectivity index (χ3n) is 1.38. The lowest BCUT2D eigenvalue weighted by molar-refractivity contribution is -0.142. The summed E-state index contributed by atoms with van der Waals surface area (Å²) in [6, 6.07) is 0. The zero-order chi connectivity index (χ0) is 7.44. The average molecular weight is 131 g/mol. The van der Waals surface area contributed by atoms with Crippen molar-refractivity contribution >= 4 is 5.97 Å². The lowest BCUT2D eigenvalue weighted by Gasteiger charge is -2.12. The predicted octanol–water partition coefficient (Wildman–Crippen LogP) is 0.302. The van der Waals surface area contributed by atoms with E-state index < -0.39 is 5.97 Å². The van der Waals surface area contributed by atoms with E-state index in [1.807, 2.05) is 13.8 Å². The Kier molecular flexibility index (Phi) is 3.24. The predicted molar refractivity (Wildman–Crippen MR) is 35.0 cm³/mol. The van der Waals surface area contributed by atoms with E-state index in [9.17, 15) is 4.79 Å². The van der Waals surface area contributed by atoms with Gasteiger partial charge in [-0.2, -0.15) is 0 Å². The Bertz CT molecular complexity index is 101. The lowest BCUT2D eigenvalue weighted by Crippen LogP contribution is -2.27. The third-order valence-corrected chi connectivity index (χ3v) is 1.38. The van der Waals surface area contributed by atoms with Crippen LogP contribution in [0, 0.1) is 11.8 Å². The number of nitrogens with two attached hydrogens (primary N) is 1. The molecule has 3 heteroatoms.